The summed E-state index contributed by atoms with van der Waals surface area (Å²) in [7, 11) is 0. The first-order valence-corrected chi connectivity index (χ1v) is 7.93. The van der Waals surface area contributed by atoms with Gasteiger partial charge in [0.05, 0.1) is 5.69 Å². The maximum absolute atomic E-state index is 5.89. The molecule has 3 rings (SSSR count). The van der Waals surface area contributed by atoms with E-state index in [1.54, 1.807) is 0 Å². The Bertz CT molecular complexity index is 565. The van der Waals surface area contributed by atoms with Crippen molar-refractivity contribution in [2.24, 2.45) is 0 Å². The molecule has 2 aromatic rings. The largest absolute Gasteiger partial charge is 0.460 e. The third kappa shape index (κ3) is 4.01. The number of pyridine rings is 1. The van der Waals surface area contributed by atoms with E-state index in [2.05, 4.69) is 32.8 Å². The summed E-state index contributed by atoms with van der Waals surface area (Å²) in [6, 6.07) is 6.56. The highest BCUT2D eigenvalue weighted by atomic mass is 16.5. The van der Waals surface area contributed by atoms with E-state index in [1.807, 2.05) is 30.7 Å². The molecule has 2 aromatic heterocycles. The molecule has 0 aromatic carbocycles. The Balaban J connectivity index is 1.47. The third-order valence-corrected chi connectivity index (χ3v) is 4.01. The summed E-state index contributed by atoms with van der Waals surface area (Å²) in [5, 5.41) is 0. The number of hydrogen-bond acceptors (Lipinski definition) is 5. The average molecular weight is 298 g/mol. The first-order chi connectivity index (χ1) is 10.8. The Kier molecular flexibility index (Phi) is 4.96. The number of nitrogens with zero attached hydrogens (tertiary/aromatic N) is 4. The summed E-state index contributed by atoms with van der Waals surface area (Å²) in [5.41, 5.74) is 2.26. The van der Waals surface area contributed by atoms with Gasteiger partial charge in [-0.15, -0.1) is 0 Å². The first kappa shape index (κ1) is 14.9. The highest BCUT2D eigenvalue weighted by Crippen LogP contribution is 2.17. The lowest BCUT2D eigenvalue weighted by Crippen LogP contribution is -2.38. The van der Waals surface area contributed by atoms with Gasteiger partial charge < -0.3 is 4.74 Å². The zero-order valence-corrected chi connectivity index (χ0v) is 13.0. The van der Waals surface area contributed by atoms with Crippen LogP contribution in [-0.4, -0.2) is 39.0 Å². The first-order valence-electron chi connectivity index (χ1n) is 7.93. The molecule has 5 nitrogen and oxygen atoms in total. The topological polar surface area (TPSA) is 51.1 Å². The molecule has 0 N–H and O–H groups in total. The number of aromatic nitrogens is 3. The third-order valence-electron chi connectivity index (χ3n) is 4.01. The lowest BCUT2D eigenvalue weighted by Gasteiger charge is -2.31. The molecule has 0 bridgehead atoms. The molecule has 0 unspecified atom stereocenters. The minimum absolute atomic E-state index is 0.215. The Hall–Kier alpha value is -2.01. The minimum Gasteiger partial charge on any atom is -0.460 e. The number of aryl methyl sites for hydroxylation is 1. The van der Waals surface area contributed by atoms with Crippen molar-refractivity contribution in [3.05, 3.63) is 48.0 Å². The molecule has 0 radical (unpaired) electrons. The fraction of sp³-hybridized carbons (Fsp3) is 0.471. The molecule has 1 fully saturated rings. The van der Waals surface area contributed by atoms with E-state index >= 15 is 0 Å². The molecule has 116 valence electrons. The Morgan fingerprint density at radius 2 is 1.91 bits per heavy atom. The predicted octanol–water partition coefficient (Wildman–Crippen LogP) is 2.48. The maximum atomic E-state index is 5.89. The molecule has 3 heterocycles. The van der Waals surface area contributed by atoms with Crippen LogP contribution in [0, 0.1) is 0 Å². The zero-order chi connectivity index (χ0) is 15.2. The molecule has 0 spiro atoms. The summed E-state index contributed by atoms with van der Waals surface area (Å²) >= 11 is 0. The van der Waals surface area contributed by atoms with Crippen LogP contribution in [0.2, 0.25) is 0 Å². The summed E-state index contributed by atoms with van der Waals surface area (Å²) in [5.74, 6) is 0. The number of hydrogen-bond donors (Lipinski definition) is 0. The number of ether oxygens (including phenoxy) is 1. The highest BCUT2D eigenvalue weighted by molar-refractivity contribution is 5.07. The molecule has 5 heteroatoms. The average Bonchev–Trinajstić information content (AvgIpc) is 2.58. The van der Waals surface area contributed by atoms with Crippen LogP contribution in [0.4, 0.5) is 0 Å². The quantitative estimate of drug-likeness (QED) is 0.849. The zero-order valence-electron chi connectivity index (χ0n) is 13.0. The van der Waals surface area contributed by atoms with Gasteiger partial charge in [0, 0.05) is 38.2 Å². The van der Waals surface area contributed by atoms with E-state index in [1.165, 1.54) is 0 Å². The molecule has 1 aliphatic heterocycles. The Morgan fingerprint density at radius 3 is 2.55 bits per heavy atom. The van der Waals surface area contributed by atoms with Crippen molar-refractivity contribution >= 4 is 0 Å². The van der Waals surface area contributed by atoms with Crippen LogP contribution < -0.4 is 4.74 Å². The van der Waals surface area contributed by atoms with Gasteiger partial charge >= 0.3 is 6.01 Å². The monoisotopic (exact) mass is 298 g/mol. The lowest BCUT2D eigenvalue weighted by atomic mass is 10.1. The molecule has 0 saturated carbocycles. The van der Waals surface area contributed by atoms with E-state index in [4.69, 9.17) is 4.74 Å². The van der Waals surface area contributed by atoms with Crippen LogP contribution in [-0.2, 0) is 13.0 Å². The lowest BCUT2D eigenvalue weighted by molar-refractivity contribution is 0.0886. The van der Waals surface area contributed by atoms with Gasteiger partial charge in [-0.05, 0) is 37.0 Å². The SMILES string of the molecule is CCc1cnc(OC2CCN(Cc3ccccn3)CC2)nc1. The molecule has 1 saturated heterocycles. The second-order valence-corrected chi connectivity index (χ2v) is 5.64. The fourth-order valence-corrected chi connectivity index (χ4v) is 2.64. The van der Waals surface area contributed by atoms with E-state index < -0.39 is 0 Å². The molecule has 1 aliphatic rings. The smallest absolute Gasteiger partial charge is 0.316 e. The summed E-state index contributed by atoms with van der Waals surface area (Å²) in [6.07, 6.45) is 8.72. The van der Waals surface area contributed by atoms with E-state index in [-0.39, 0.29) is 6.10 Å². The van der Waals surface area contributed by atoms with E-state index in [0.29, 0.717) is 6.01 Å². The van der Waals surface area contributed by atoms with E-state index in [9.17, 15) is 0 Å². The fourth-order valence-electron chi connectivity index (χ4n) is 2.64. The van der Waals surface area contributed by atoms with Gasteiger partial charge in [-0.1, -0.05) is 13.0 Å². The molecule has 0 aliphatic carbocycles. The van der Waals surface area contributed by atoms with Crippen molar-refractivity contribution in [2.45, 2.75) is 38.8 Å². The molecule has 0 amide bonds. The second kappa shape index (κ2) is 7.31. The van der Waals surface area contributed by atoms with Gasteiger partial charge in [-0.2, -0.15) is 0 Å². The maximum Gasteiger partial charge on any atom is 0.316 e. The molecular formula is C17H22N4O. The van der Waals surface area contributed by atoms with Crippen LogP contribution in [0.15, 0.2) is 36.8 Å². The standard InChI is InChI=1S/C17H22N4O/c1-2-14-11-19-17(20-12-14)22-16-6-9-21(10-7-16)13-15-5-3-4-8-18-15/h3-5,8,11-12,16H,2,6-7,9-10,13H2,1H3. The van der Waals surface area contributed by atoms with Gasteiger partial charge in [0.2, 0.25) is 0 Å². The van der Waals surface area contributed by atoms with Crippen LogP contribution in [0.3, 0.4) is 0 Å². The number of rotatable bonds is 5. The summed E-state index contributed by atoms with van der Waals surface area (Å²) in [4.78, 5) is 15.3. The van der Waals surface area contributed by atoms with Crippen molar-refractivity contribution in [2.75, 3.05) is 13.1 Å². The van der Waals surface area contributed by atoms with Crippen molar-refractivity contribution in [1.82, 2.24) is 19.9 Å². The Morgan fingerprint density at radius 1 is 1.14 bits per heavy atom. The van der Waals surface area contributed by atoms with Crippen molar-refractivity contribution in [3.63, 3.8) is 0 Å². The number of likely N-dealkylation sites (tertiary alicyclic amines) is 1. The molecule has 0 atom stereocenters. The highest BCUT2D eigenvalue weighted by Gasteiger charge is 2.21. The van der Waals surface area contributed by atoms with Gasteiger partial charge in [-0.3, -0.25) is 9.88 Å². The van der Waals surface area contributed by atoms with Gasteiger partial charge in [0.1, 0.15) is 6.10 Å². The van der Waals surface area contributed by atoms with Crippen LogP contribution in [0.5, 0.6) is 6.01 Å². The van der Waals surface area contributed by atoms with Crippen LogP contribution >= 0.6 is 0 Å². The van der Waals surface area contributed by atoms with Crippen molar-refractivity contribution < 1.29 is 4.74 Å². The second-order valence-electron chi connectivity index (χ2n) is 5.64. The molecular weight excluding hydrogens is 276 g/mol. The van der Waals surface area contributed by atoms with Gasteiger partial charge in [-0.25, -0.2) is 9.97 Å². The predicted molar refractivity (Wildman–Crippen MR) is 84.6 cm³/mol. The summed E-state index contributed by atoms with van der Waals surface area (Å²) < 4.78 is 5.89. The van der Waals surface area contributed by atoms with E-state index in [0.717, 1.165) is 50.2 Å². The Labute approximate surface area is 131 Å². The summed E-state index contributed by atoms with van der Waals surface area (Å²) in [6.45, 7) is 5.05. The van der Waals surface area contributed by atoms with Crippen molar-refractivity contribution in [1.29, 1.82) is 0 Å². The minimum atomic E-state index is 0.215. The van der Waals surface area contributed by atoms with Crippen LogP contribution in [0.25, 0.3) is 0 Å². The van der Waals surface area contributed by atoms with Gasteiger partial charge in [0.15, 0.2) is 0 Å². The van der Waals surface area contributed by atoms with Gasteiger partial charge in [0.25, 0.3) is 0 Å². The van der Waals surface area contributed by atoms with Crippen molar-refractivity contribution in [3.8, 4) is 6.01 Å². The van der Waals surface area contributed by atoms with Crippen LogP contribution in [0.1, 0.15) is 31.0 Å². The normalized spacial score (nSPS) is 16.6. The molecule has 22 heavy (non-hydrogen) atoms. The number of piperidine rings is 1.